The Morgan fingerprint density at radius 1 is 1.05 bits per heavy atom. The second kappa shape index (κ2) is 6.21. The van der Waals surface area contributed by atoms with E-state index in [2.05, 4.69) is 11.5 Å². The van der Waals surface area contributed by atoms with Crippen molar-refractivity contribution < 1.29 is 13.2 Å². The maximum absolute atomic E-state index is 13.3. The molecule has 3 N–H and O–H groups in total. The van der Waals surface area contributed by atoms with Crippen LogP contribution in [-0.2, 0) is 0 Å². The lowest BCUT2D eigenvalue weighted by molar-refractivity contribution is 0.442. The maximum Gasteiger partial charge on any atom is 0.194 e. The number of hydrazine groups is 1. The molecule has 0 aliphatic heterocycles. The van der Waals surface area contributed by atoms with Crippen LogP contribution in [0.3, 0.4) is 0 Å². The Morgan fingerprint density at radius 2 is 1.74 bits per heavy atom. The smallest absolute Gasteiger partial charge is 0.194 e. The van der Waals surface area contributed by atoms with E-state index in [1.54, 1.807) is 0 Å². The number of allylic oxidation sites excluding steroid dienone is 1. The van der Waals surface area contributed by atoms with Crippen LogP contribution in [0.2, 0.25) is 0 Å². The second-order valence-corrected chi connectivity index (χ2v) is 4.78. The Labute approximate surface area is 110 Å². The number of hydrogen-bond acceptors (Lipinski definition) is 2. The summed E-state index contributed by atoms with van der Waals surface area (Å²) in [6.45, 7) is 0. The molecule has 0 radical (unpaired) electrons. The molecule has 0 aromatic heterocycles. The van der Waals surface area contributed by atoms with E-state index in [0.29, 0.717) is 5.56 Å². The van der Waals surface area contributed by atoms with Gasteiger partial charge in [0, 0.05) is 0 Å². The highest BCUT2D eigenvalue weighted by Gasteiger charge is 2.20. The molecule has 0 spiro atoms. The molecule has 0 fully saturated rings. The van der Waals surface area contributed by atoms with Gasteiger partial charge in [-0.1, -0.05) is 18.1 Å². The van der Waals surface area contributed by atoms with Crippen molar-refractivity contribution in [3.05, 3.63) is 46.8 Å². The van der Waals surface area contributed by atoms with Gasteiger partial charge in [-0.05, 0) is 43.4 Å². The summed E-state index contributed by atoms with van der Waals surface area (Å²) in [5, 5.41) is 0. The van der Waals surface area contributed by atoms with Crippen molar-refractivity contribution in [1.82, 2.24) is 5.43 Å². The van der Waals surface area contributed by atoms with Gasteiger partial charge < -0.3 is 0 Å². The number of hydrogen-bond donors (Lipinski definition) is 2. The molecule has 0 amide bonds. The minimum atomic E-state index is -1.45. The molecule has 1 aliphatic carbocycles. The molecule has 104 valence electrons. The largest absolute Gasteiger partial charge is 0.271 e. The van der Waals surface area contributed by atoms with Crippen LogP contribution in [0.1, 0.15) is 43.7 Å². The predicted molar refractivity (Wildman–Crippen MR) is 67.5 cm³/mol. The number of benzene rings is 1. The highest BCUT2D eigenvalue weighted by Crippen LogP contribution is 2.30. The molecule has 1 atom stereocenters. The van der Waals surface area contributed by atoms with Crippen LogP contribution in [-0.4, -0.2) is 0 Å². The van der Waals surface area contributed by atoms with Gasteiger partial charge in [0.05, 0.1) is 6.04 Å². The molecule has 19 heavy (non-hydrogen) atoms. The van der Waals surface area contributed by atoms with Gasteiger partial charge in [0.1, 0.15) is 0 Å². The zero-order chi connectivity index (χ0) is 13.8. The predicted octanol–water partition coefficient (Wildman–Crippen LogP) is 3.50. The molecule has 0 saturated heterocycles. The van der Waals surface area contributed by atoms with Crippen LogP contribution >= 0.6 is 0 Å². The fourth-order valence-electron chi connectivity index (χ4n) is 2.46. The maximum atomic E-state index is 13.3. The molecular formula is C14H17F3N2. The zero-order valence-electron chi connectivity index (χ0n) is 10.6. The van der Waals surface area contributed by atoms with Crippen molar-refractivity contribution in [3.63, 3.8) is 0 Å². The minimum Gasteiger partial charge on any atom is -0.271 e. The van der Waals surface area contributed by atoms with Gasteiger partial charge in [-0.2, -0.15) is 0 Å². The summed E-state index contributed by atoms with van der Waals surface area (Å²) in [5.74, 6) is 1.67. The van der Waals surface area contributed by atoms with Crippen molar-refractivity contribution in [2.75, 3.05) is 0 Å². The number of nitrogens with one attached hydrogen (secondary N) is 1. The van der Waals surface area contributed by atoms with Crippen LogP contribution in [0.5, 0.6) is 0 Å². The van der Waals surface area contributed by atoms with Gasteiger partial charge in [-0.3, -0.25) is 5.84 Å². The second-order valence-electron chi connectivity index (χ2n) is 4.78. The minimum absolute atomic E-state index is 0.312. The highest BCUT2D eigenvalue weighted by molar-refractivity contribution is 5.30. The quantitative estimate of drug-likeness (QED) is 0.382. The summed E-state index contributed by atoms with van der Waals surface area (Å²) in [6.07, 6.45) is 7.07. The summed E-state index contributed by atoms with van der Waals surface area (Å²) >= 11 is 0. The molecule has 2 rings (SSSR count). The molecule has 2 nitrogen and oxygen atoms in total. The van der Waals surface area contributed by atoms with Crippen molar-refractivity contribution in [2.24, 2.45) is 5.84 Å². The normalized spacial score (nSPS) is 17.8. The fourth-order valence-corrected chi connectivity index (χ4v) is 2.46. The molecule has 1 aromatic rings. The lowest BCUT2D eigenvalue weighted by atomic mass is 9.95. The summed E-state index contributed by atoms with van der Waals surface area (Å²) < 4.78 is 39.5. The van der Waals surface area contributed by atoms with E-state index in [4.69, 9.17) is 5.84 Å². The van der Waals surface area contributed by atoms with E-state index in [-0.39, 0.29) is 0 Å². The first-order valence-electron chi connectivity index (χ1n) is 6.43. The Hall–Kier alpha value is -1.33. The van der Waals surface area contributed by atoms with E-state index in [9.17, 15) is 13.2 Å². The number of rotatable bonds is 3. The van der Waals surface area contributed by atoms with Gasteiger partial charge in [0.2, 0.25) is 0 Å². The molecule has 1 aliphatic rings. The third-order valence-corrected chi connectivity index (χ3v) is 3.45. The van der Waals surface area contributed by atoms with E-state index in [0.717, 1.165) is 49.8 Å². The van der Waals surface area contributed by atoms with Gasteiger partial charge in [0.25, 0.3) is 0 Å². The number of halogens is 3. The third kappa shape index (κ3) is 3.16. The first-order valence-corrected chi connectivity index (χ1v) is 6.43. The van der Waals surface area contributed by atoms with Crippen molar-refractivity contribution in [2.45, 2.75) is 38.1 Å². The van der Waals surface area contributed by atoms with Crippen LogP contribution in [0, 0.1) is 17.5 Å². The Kier molecular flexibility index (Phi) is 4.61. The van der Waals surface area contributed by atoms with Crippen LogP contribution < -0.4 is 11.3 Å². The first-order chi connectivity index (χ1) is 9.13. The molecule has 1 unspecified atom stereocenters. The Balaban J connectivity index is 2.33. The van der Waals surface area contributed by atoms with Crippen molar-refractivity contribution in [1.29, 1.82) is 0 Å². The van der Waals surface area contributed by atoms with Crippen LogP contribution in [0.25, 0.3) is 0 Å². The van der Waals surface area contributed by atoms with Crippen LogP contribution in [0.15, 0.2) is 23.8 Å². The molecule has 5 heteroatoms. The summed E-state index contributed by atoms with van der Waals surface area (Å²) in [4.78, 5) is 0. The van der Waals surface area contributed by atoms with E-state index < -0.39 is 23.5 Å². The van der Waals surface area contributed by atoms with Gasteiger partial charge >= 0.3 is 0 Å². The molecule has 0 heterocycles. The van der Waals surface area contributed by atoms with Gasteiger partial charge in [0.15, 0.2) is 17.5 Å². The first kappa shape index (κ1) is 14.1. The van der Waals surface area contributed by atoms with E-state index >= 15 is 0 Å². The Morgan fingerprint density at radius 3 is 2.37 bits per heavy atom. The Bertz CT molecular complexity index is 463. The van der Waals surface area contributed by atoms with Gasteiger partial charge in [-0.25, -0.2) is 18.6 Å². The lowest BCUT2D eigenvalue weighted by Crippen LogP contribution is -2.29. The molecular weight excluding hydrogens is 253 g/mol. The molecule has 0 saturated carbocycles. The summed E-state index contributed by atoms with van der Waals surface area (Å²) in [7, 11) is 0. The van der Waals surface area contributed by atoms with Gasteiger partial charge in [-0.15, -0.1) is 0 Å². The zero-order valence-corrected chi connectivity index (χ0v) is 10.6. The average Bonchev–Trinajstić information content (AvgIpc) is 2.66. The van der Waals surface area contributed by atoms with Crippen LogP contribution in [0.4, 0.5) is 13.2 Å². The number of nitrogens with two attached hydrogens (primary N) is 1. The highest BCUT2D eigenvalue weighted by atomic mass is 19.2. The lowest BCUT2D eigenvalue weighted by Gasteiger charge is -2.20. The summed E-state index contributed by atoms with van der Waals surface area (Å²) in [5.41, 5.74) is 3.88. The topological polar surface area (TPSA) is 38.0 Å². The summed E-state index contributed by atoms with van der Waals surface area (Å²) in [6, 6.07) is 1.52. The third-order valence-electron chi connectivity index (χ3n) is 3.45. The standard InChI is InChI=1S/C14H17F3N2/c15-11-7-10(8-12(16)13(11)17)14(19-18)9-5-3-1-2-4-6-9/h5,7-8,14,19H,1-4,6,18H2. The molecule has 1 aromatic carbocycles. The van der Waals surface area contributed by atoms with E-state index in [1.165, 1.54) is 0 Å². The monoisotopic (exact) mass is 270 g/mol. The fraction of sp³-hybridized carbons (Fsp3) is 0.429. The molecule has 0 bridgehead atoms. The SMILES string of the molecule is NNC(C1=CCCCCC1)c1cc(F)c(F)c(F)c1. The van der Waals surface area contributed by atoms with Crippen molar-refractivity contribution in [3.8, 4) is 0 Å². The van der Waals surface area contributed by atoms with E-state index in [1.807, 2.05) is 0 Å². The average molecular weight is 270 g/mol. The van der Waals surface area contributed by atoms with Crippen molar-refractivity contribution >= 4 is 0 Å².